The average molecular weight is 264 g/mol. The van der Waals surface area contributed by atoms with Crippen molar-refractivity contribution in [3.05, 3.63) is 45.6 Å². The van der Waals surface area contributed by atoms with Gasteiger partial charge in [-0.15, -0.1) is 0 Å². The summed E-state index contributed by atoms with van der Waals surface area (Å²) in [4.78, 5) is 20.4. The summed E-state index contributed by atoms with van der Waals surface area (Å²) in [6.45, 7) is 0. The first kappa shape index (κ1) is 13.5. The molecule has 1 rings (SSSR count). The van der Waals surface area contributed by atoms with Crippen molar-refractivity contribution in [1.29, 1.82) is 5.26 Å². The lowest BCUT2D eigenvalue weighted by Gasteiger charge is -2.10. The van der Waals surface area contributed by atoms with Crippen LogP contribution in [0.25, 0.3) is 5.70 Å². The van der Waals surface area contributed by atoms with Crippen LogP contribution in [0.3, 0.4) is 0 Å². The smallest absolute Gasteiger partial charge is 0.269 e. The number of benzene rings is 1. The third-order valence-corrected chi connectivity index (χ3v) is 2.37. The number of thiol groups is 1. The Balaban J connectivity index is 3.21. The molecule has 8 heteroatoms. The van der Waals surface area contributed by atoms with Gasteiger partial charge in [-0.3, -0.25) is 14.9 Å². The van der Waals surface area contributed by atoms with E-state index in [2.05, 4.69) is 12.8 Å². The first-order valence-electron chi connectivity index (χ1n) is 4.59. The van der Waals surface area contributed by atoms with Crippen molar-refractivity contribution < 1.29 is 9.72 Å². The summed E-state index contributed by atoms with van der Waals surface area (Å²) in [6, 6.07) is 7.00. The maximum absolute atomic E-state index is 10.5. The highest BCUT2D eigenvalue weighted by molar-refractivity contribution is 7.78. The number of nitrogens with zero attached hydrogens (tertiary/aromatic N) is 3. The van der Waals surface area contributed by atoms with Crippen LogP contribution in [0.4, 0.5) is 5.69 Å². The molecule has 0 aromatic heterocycles. The van der Waals surface area contributed by atoms with E-state index < -0.39 is 4.92 Å². The average Bonchev–Trinajstić information content (AvgIpc) is 2.39. The highest BCUT2D eigenvalue weighted by Gasteiger charge is 2.12. The van der Waals surface area contributed by atoms with Crippen molar-refractivity contribution in [1.82, 2.24) is 4.31 Å². The number of hydrogen-bond acceptors (Lipinski definition) is 6. The van der Waals surface area contributed by atoms with Gasteiger partial charge in [-0.25, -0.2) is 4.31 Å². The van der Waals surface area contributed by atoms with Crippen LogP contribution in [-0.4, -0.2) is 15.6 Å². The summed E-state index contributed by atoms with van der Waals surface area (Å²) in [7, 11) is 0. The number of carbonyl (C=O) groups excluding carboxylic acids is 1. The van der Waals surface area contributed by atoms with Gasteiger partial charge in [-0.2, -0.15) is 5.26 Å². The fourth-order valence-electron chi connectivity index (χ4n) is 1.19. The number of hydrogen-bond donors (Lipinski definition) is 2. The Hall–Kier alpha value is -2.53. The molecule has 0 unspecified atom stereocenters. The molecule has 2 N–H and O–H groups in total. The molecule has 0 aliphatic heterocycles. The molecular weight excluding hydrogens is 256 g/mol. The van der Waals surface area contributed by atoms with Crippen molar-refractivity contribution in [2.45, 2.75) is 0 Å². The molecule has 18 heavy (non-hydrogen) atoms. The van der Waals surface area contributed by atoms with E-state index in [1.807, 2.05) is 0 Å². The Kier molecular flexibility index (Phi) is 4.28. The van der Waals surface area contributed by atoms with Gasteiger partial charge < -0.3 is 5.73 Å². The molecule has 1 amide bonds. The first-order chi connectivity index (χ1) is 8.51. The molecule has 1 aromatic rings. The monoisotopic (exact) mass is 264 g/mol. The van der Waals surface area contributed by atoms with Crippen LogP contribution in [0.5, 0.6) is 0 Å². The van der Waals surface area contributed by atoms with Crippen LogP contribution in [0, 0.1) is 21.4 Å². The van der Waals surface area contributed by atoms with E-state index in [-0.39, 0.29) is 17.1 Å². The minimum absolute atomic E-state index is 0.00879. The van der Waals surface area contributed by atoms with Crippen LogP contribution in [0.15, 0.2) is 30.0 Å². The van der Waals surface area contributed by atoms with Crippen molar-refractivity contribution in [3.8, 4) is 6.07 Å². The summed E-state index contributed by atoms with van der Waals surface area (Å²) in [6.07, 6.45) is 0.319. The van der Waals surface area contributed by atoms with Crippen LogP contribution in [-0.2, 0) is 4.79 Å². The Morgan fingerprint density at radius 3 is 2.44 bits per heavy atom. The molecule has 0 heterocycles. The number of nitriles is 1. The van der Waals surface area contributed by atoms with E-state index in [9.17, 15) is 14.9 Å². The highest BCUT2D eigenvalue weighted by Crippen LogP contribution is 2.19. The van der Waals surface area contributed by atoms with Crippen LogP contribution >= 0.6 is 12.8 Å². The summed E-state index contributed by atoms with van der Waals surface area (Å²) >= 11 is 3.74. The Morgan fingerprint density at radius 1 is 1.50 bits per heavy atom. The predicted molar refractivity (Wildman–Crippen MR) is 66.7 cm³/mol. The zero-order chi connectivity index (χ0) is 13.7. The van der Waals surface area contributed by atoms with Gasteiger partial charge in [-0.05, 0) is 12.1 Å². The Morgan fingerprint density at radius 2 is 2.06 bits per heavy atom. The number of rotatable bonds is 4. The highest BCUT2D eigenvalue weighted by atomic mass is 32.1. The largest absolute Gasteiger partial charge is 0.396 e. The number of nitro benzene ring substituents is 1. The molecule has 0 atom stereocenters. The molecule has 0 radical (unpaired) electrons. The molecule has 0 saturated heterocycles. The van der Waals surface area contributed by atoms with Crippen molar-refractivity contribution in [2.75, 3.05) is 0 Å². The van der Waals surface area contributed by atoms with Crippen molar-refractivity contribution in [3.63, 3.8) is 0 Å². The van der Waals surface area contributed by atoms with Crippen LogP contribution in [0.1, 0.15) is 5.56 Å². The van der Waals surface area contributed by atoms with Crippen LogP contribution in [0.2, 0.25) is 0 Å². The molecule has 0 fully saturated rings. The van der Waals surface area contributed by atoms with Gasteiger partial charge in [0.15, 0.2) is 5.70 Å². The fourth-order valence-corrected chi connectivity index (χ4v) is 1.34. The molecule has 1 aromatic carbocycles. The van der Waals surface area contributed by atoms with Gasteiger partial charge in [0.05, 0.1) is 10.6 Å². The molecule has 0 aliphatic rings. The second kappa shape index (κ2) is 5.70. The van der Waals surface area contributed by atoms with Gasteiger partial charge in [0.1, 0.15) is 6.07 Å². The Bertz CT molecular complexity index is 547. The molecular formula is C10H8N4O3S. The molecule has 0 spiro atoms. The number of amides is 1. The number of carbonyl (C=O) groups is 1. The summed E-state index contributed by atoms with van der Waals surface area (Å²) in [5, 5.41) is 19.3. The van der Waals surface area contributed by atoms with E-state index in [0.29, 0.717) is 12.0 Å². The molecule has 7 nitrogen and oxygen atoms in total. The van der Waals surface area contributed by atoms with Gasteiger partial charge >= 0.3 is 0 Å². The second-order valence-electron chi connectivity index (χ2n) is 3.13. The predicted octanol–water partition coefficient (Wildman–Crippen LogP) is 1.05. The number of nitrogens with two attached hydrogens (primary N) is 1. The molecule has 0 bridgehead atoms. The summed E-state index contributed by atoms with van der Waals surface area (Å²) in [5.74, 6) is 0. The van der Waals surface area contributed by atoms with E-state index in [4.69, 9.17) is 11.0 Å². The maximum atomic E-state index is 10.5. The summed E-state index contributed by atoms with van der Waals surface area (Å²) < 4.78 is 0.733. The topological polar surface area (TPSA) is 113 Å². The zero-order valence-corrected chi connectivity index (χ0v) is 9.87. The van der Waals surface area contributed by atoms with E-state index >= 15 is 0 Å². The standard InChI is InChI=1S/C10H8N4O3S/c11-5-9(13(18)6-15)10(12)7-1-3-8(4-2-7)14(16)17/h1-4,6,18H,12H2. The first-order valence-corrected chi connectivity index (χ1v) is 4.99. The quantitative estimate of drug-likeness (QED) is 0.277. The number of nitro groups is 1. The lowest BCUT2D eigenvalue weighted by atomic mass is 10.1. The third kappa shape index (κ3) is 2.78. The SMILES string of the molecule is N#CC(=C(N)c1ccc([N+](=O)[O-])cc1)N(S)C=O. The van der Waals surface area contributed by atoms with E-state index in [1.54, 1.807) is 6.07 Å². The van der Waals surface area contributed by atoms with Crippen molar-refractivity contribution in [2.24, 2.45) is 5.73 Å². The van der Waals surface area contributed by atoms with Gasteiger partial charge in [0.25, 0.3) is 5.69 Å². The van der Waals surface area contributed by atoms with Crippen LogP contribution < -0.4 is 5.73 Å². The fraction of sp³-hybridized carbons (Fsp3) is 0. The normalized spacial score (nSPS) is 11.1. The lowest BCUT2D eigenvalue weighted by molar-refractivity contribution is -0.384. The number of non-ortho nitro benzene ring substituents is 1. The summed E-state index contributed by atoms with van der Waals surface area (Å²) in [5.41, 5.74) is 5.84. The minimum atomic E-state index is -0.550. The molecule has 0 saturated carbocycles. The Labute approximate surface area is 108 Å². The zero-order valence-electron chi connectivity index (χ0n) is 8.98. The van der Waals surface area contributed by atoms with Gasteiger partial charge in [-0.1, -0.05) is 12.8 Å². The van der Waals surface area contributed by atoms with Crippen molar-refractivity contribution >= 4 is 30.6 Å². The van der Waals surface area contributed by atoms with Gasteiger partial charge in [0, 0.05) is 17.7 Å². The number of allylic oxidation sites excluding steroid dienone is 1. The molecule has 92 valence electrons. The van der Waals surface area contributed by atoms with Gasteiger partial charge in [0.2, 0.25) is 6.41 Å². The lowest BCUT2D eigenvalue weighted by Crippen LogP contribution is -2.13. The maximum Gasteiger partial charge on any atom is 0.269 e. The molecule has 0 aliphatic carbocycles. The second-order valence-corrected chi connectivity index (χ2v) is 3.56. The van der Waals surface area contributed by atoms with E-state index in [0.717, 1.165) is 4.31 Å². The van der Waals surface area contributed by atoms with E-state index in [1.165, 1.54) is 24.3 Å². The third-order valence-electron chi connectivity index (χ3n) is 2.08. The minimum Gasteiger partial charge on any atom is -0.396 e.